The zero-order valence-corrected chi connectivity index (χ0v) is 13.8. The van der Waals surface area contributed by atoms with Crippen molar-refractivity contribution >= 4 is 17.5 Å². The van der Waals surface area contributed by atoms with E-state index in [1.54, 1.807) is 0 Å². The van der Waals surface area contributed by atoms with Crippen molar-refractivity contribution in [1.29, 1.82) is 0 Å². The van der Waals surface area contributed by atoms with Gasteiger partial charge in [-0.3, -0.25) is 4.79 Å². The van der Waals surface area contributed by atoms with E-state index in [0.29, 0.717) is 18.8 Å². The Bertz CT molecular complexity index is 454. The van der Waals surface area contributed by atoms with Crippen LogP contribution in [0.1, 0.15) is 43.4 Å². The van der Waals surface area contributed by atoms with E-state index in [0.717, 1.165) is 18.4 Å². The smallest absolute Gasteiger partial charge is 0.224 e. The van der Waals surface area contributed by atoms with Gasteiger partial charge in [-0.1, -0.05) is 32.0 Å². The number of alkyl halides is 1. The zero-order valence-electron chi connectivity index (χ0n) is 13.1. The van der Waals surface area contributed by atoms with Crippen molar-refractivity contribution in [2.24, 2.45) is 5.41 Å². The molecule has 0 spiro atoms. The van der Waals surface area contributed by atoms with Gasteiger partial charge in [0.15, 0.2) is 0 Å². The van der Waals surface area contributed by atoms with Crippen LogP contribution in [0.15, 0.2) is 18.2 Å². The lowest BCUT2D eigenvalue weighted by molar-refractivity contribution is -0.120. The standard InChI is InChI=1S/C17H26ClNO/c1-13-6-7-15(10-14(13)2)11-16(20)19-12-17(3,4)8-5-9-18/h6-7,10H,5,8-9,11-12H2,1-4H3,(H,19,20). The third kappa shape index (κ3) is 5.96. The van der Waals surface area contributed by atoms with Gasteiger partial charge in [-0.2, -0.15) is 0 Å². The Labute approximate surface area is 127 Å². The van der Waals surface area contributed by atoms with E-state index >= 15 is 0 Å². The number of halogens is 1. The Hall–Kier alpha value is -1.02. The Balaban J connectivity index is 2.45. The molecule has 0 aliphatic rings. The molecule has 0 fully saturated rings. The first-order valence-corrected chi connectivity index (χ1v) is 7.76. The van der Waals surface area contributed by atoms with Gasteiger partial charge >= 0.3 is 0 Å². The van der Waals surface area contributed by atoms with E-state index in [-0.39, 0.29) is 11.3 Å². The van der Waals surface area contributed by atoms with Crippen LogP contribution in [0.4, 0.5) is 0 Å². The average molecular weight is 296 g/mol. The molecule has 0 aromatic heterocycles. The molecule has 0 heterocycles. The Morgan fingerprint density at radius 3 is 2.55 bits per heavy atom. The van der Waals surface area contributed by atoms with Crippen LogP contribution in [0.2, 0.25) is 0 Å². The third-order valence-corrected chi connectivity index (χ3v) is 3.95. The normalized spacial score (nSPS) is 11.4. The highest BCUT2D eigenvalue weighted by Crippen LogP contribution is 2.21. The zero-order chi connectivity index (χ0) is 15.2. The van der Waals surface area contributed by atoms with Crippen LogP contribution in [0.25, 0.3) is 0 Å². The molecule has 1 aromatic carbocycles. The number of amides is 1. The molecule has 1 aromatic rings. The van der Waals surface area contributed by atoms with Crippen molar-refractivity contribution in [2.75, 3.05) is 12.4 Å². The van der Waals surface area contributed by atoms with Crippen molar-refractivity contribution in [1.82, 2.24) is 5.32 Å². The largest absolute Gasteiger partial charge is 0.355 e. The molecule has 0 unspecified atom stereocenters. The molecule has 0 saturated heterocycles. The monoisotopic (exact) mass is 295 g/mol. The Kier molecular flexibility index (Phi) is 6.54. The fourth-order valence-electron chi connectivity index (χ4n) is 2.13. The van der Waals surface area contributed by atoms with Crippen LogP contribution >= 0.6 is 11.6 Å². The summed E-state index contributed by atoms with van der Waals surface area (Å²) in [5.74, 6) is 0.771. The molecule has 1 N–H and O–H groups in total. The molecule has 0 aliphatic heterocycles. The maximum atomic E-state index is 12.0. The summed E-state index contributed by atoms with van der Waals surface area (Å²) >= 11 is 5.72. The van der Waals surface area contributed by atoms with Gasteiger partial charge in [0.2, 0.25) is 5.91 Å². The van der Waals surface area contributed by atoms with Gasteiger partial charge in [0, 0.05) is 12.4 Å². The maximum Gasteiger partial charge on any atom is 0.224 e. The van der Waals surface area contributed by atoms with E-state index in [2.05, 4.69) is 45.1 Å². The van der Waals surface area contributed by atoms with Gasteiger partial charge in [-0.15, -0.1) is 11.6 Å². The van der Waals surface area contributed by atoms with E-state index in [4.69, 9.17) is 11.6 Å². The molecular formula is C17H26ClNO. The summed E-state index contributed by atoms with van der Waals surface area (Å²) < 4.78 is 0. The van der Waals surface area contributed by atoms with Crippen molar-refractivity contribution in [3.8, 4) is 0 Å². The van der Waals surface area contributed by atoms with Crippen molar-refractivity contribution in [2.45, 2.75) is 47.0 Å². The van der Waals surface area contributed by atoms with Crippen molar-refractivity contribution in [3.05, 3.63) is 34.9 Å². The minimum Gasteiger partial charge on any atom is -0.355 e. The predicted octanol–water partition coefficient (Wildman–Crippen LogP) is 4.01. The van der Waals surface area contributed by atoms with Gasteiger partial charge in [-0.25, -0.2) is 0 Å². The molecule has 0 aliphatic carbocycles. The SMILES string of the molecule is Cc1ccc(CC(=O)NCC(C)(C)CCCCl)cc1C. The highest BCUT2D eigenvalue weighted by molar-refractivity contribution is 6.17. The molecule has 20 heavy (non-hydrogen) atoms. The highest BCUT2D eigenvalue weighted by atomic mass is 35.5. The fourth-order valence-corrected chi connectivity index (χ4v) is 2.27. The average Bonchev–Trinajstić information content (AvgIpc) is 2.39. The first-order chi connectivity index (χ1) is 9.34. The number of carbonyl (C=O) groups is 1. The van der Waals surface area contributed by atoms with Gasteiger partial charge in [-0.05, 0) is 48.8 Å². The Morgan fingerprint density at radius 2 is 1.95 bits per heavy atom. The maximum absolute atomic E-state index is 12.0. The number of hydrogen-bond acceptors (Lipinski definition) is 1. The number of rotatable bonds is 7. The van der Waals surface area contributed by atoms with Gasteiger partial charge in [0.25, 0.3) is 0 Å². The molecule has 3 heteroatoms. The summed E-state index contributed by atoms with van der Waals surface area (Å²) in [6, 6.07) is 6.19. The summed E-state index contributed by atoms with van der Waals surface area (Å²) in [6.07, 6.45) is 2.47. The first-order valence-electron chi connectivity index (χ1n) is 7.23. The number of hydrogen-bond donors (Lipinski definition) is 1. The second-order valence-electron chi connectivity index (χ2n) is 6.33. The van der Waals surface area contributed by atoms with E-state index < -0.39 is 0 Å². The molecule has 112 valence electrons. The van der Waals surface area contributed by atoms with Gasteiger partial charge in [0.1, 0.15) is 0 Å². The molecule has 2 nitrogen and oxygen atoms in total. The number of nitrogens with one attached hydrogen (secondary N) is 1. The topological polar surface area (TPSA) is 29.1 Å². The van der Waals surface area contributed by atoms with E-state index in [1.807, 2.05) is 6.07 Å². The summed E-state index contributed by atoms with van der Waals surface area (Å²) in [7, 11) is 0. The number of carbonyl (C=O) groups excluding carboxylic acids is 1. The molecule has 1 amide bonds. The molecule has 0 atom stereocenters. The lowest BCUT2D eigenvalue weighted by atomic mass is 9.88. The second-order valence-corrected chi connectivity index (χ2v) is 6.71. The predicted molar refractivity (Wildman–Crippen MR) is 86.4 cm³/mol. The van der Waals surface area contributed by atoms with E-state index in [9.17, 15) is 4.79 Å². The summed E-state index contributed by atoms with van der Waals surface area (Å²) in [6.45, 7) is 9.18. The molecule has 1 rings (SSSR count). The van der Waals surface area contributed by atoms with Crippen LogP contribution in [-0.4, -0.2) is 18.3 Å². The third-order valence-electron chi connectivity index (χ3n) is 3.69. The van der Waals surface area contributed by atoms with Crippen LogP contribution in [-0.2, 0) is 11.2 Å². The molecule has 0 bridgehead atoms. The lowest BCUT2D eigenvalue weighted by Gasteiger charge is -2.24. The number of benzene rings is 1. The second kappa shape index (κ2) is 7.68. The minimum atomic E-state index is 0.0900. The van der Waals surface area contributed by atoms with Crippen molar-refractivity contribution in [3.63, 3.8) is 0 Å². The van der Waals surface area contributed by atoms with Crippen molar-refractivity contribution < 1.29 is 4.79 Å². The van der Waals surface area contributed by atoms with Crippen LogP contribution in [0.3, 0.4) is 0 Å². The van der Waals surface area contributed by atoms with Crippen LogP contribution < -0.4 is 5.32 Å². The van der Waals surface area contributed by atoms with Gasteiger partial charge in [0.05, 0.1) is 6.42 Å². The lowest BCUT2D eigenvalue weighted by Crippen LogP contribution is -2.35. The summed E-state index contributed by atoms with van der Waals surface area (Å²) in [5.41, 5.74) is 3.67. The quantitative estimate of drug-likeness (QED) is 0.757. The number of aryl methyl sites for hydroxylation is 2. The Morgan fingerprint density at radius 1 is 1.25 bits per heavy atom. The summed E-state index contributed by atoms with van der Waals surface area (Å²) in [4.78, 5) is 12.0. The van der Waals surface area contributed by atoms with Crippen LogP contribution in [0, 0.1) is 19.3 Å². The molecule has 0 radical (unpaired) electrons. The first kappa shape index (κ1) is 17.0. The molecular weight excluding hydrogens is 270 g/mol. The van der Waals surface area contributed by atoms with Crippen LogP contribution in [0.5, 0.6) is 0 Å². The highest BCUT2D eigenvalue weighted by Gasteiger charge is 2.18. The minimum absolute atomic E-state index is 0.0900. The summed E-state index contributed by atoms with van der Waals surface area (Å²) in [5, 5.41) is 3.03. The fraction of sp³-hybridized carbons (Fsp3) is 0.588. The van der Waals surface area contributed by atoms with Gasteiger partial charge < -0.3 is 5.32 Å². The molecule has 0 saturated carbocycles. The van der Waals surface area contributed by atoms with E-state index in [1.165, 1.54) is 11.1 Å².